The van der Waals surface area contributed by atoms with E-state index in [0.29, 0.717) is 42.2 Å². The molecular weight excluding hydrogens is 556 g/mol. The summed E-state index contributed by atoms with van der Waals surface area (Å²) in [5, 5.41) is 8.95. The summed E-state index contributed by atoms with van der Waals surface area (Å²) in [7, 11) is 0. The van der Waals surface area contributed by atoms with Crippen molar-refractivity contribution >= 4 is 47.1 Å². The van der Waals surface area contributed by atoms with E-state index in [1.165, 1.54) is 0 Å². The Hall–Kier alpha value is -4.74. The Morgan fingerprint density at radius 2 is 1.35 bits per heavy atom. The molecule has 1 aliphatic heterocycles. The minimum Gasteiger partial charge on any atom is -0.432 e. The number of hydroxylamine groups is 2. The lowest BCUT2D eigenvalue weighted by atomic mass is 9.97. The van der Waals surface area contributed by atoms with Crippen molar-refractivity contribution in [3.05, 3.63) is 47.5 Å². The van der Waals surface area contributed by atoms with Gasteiger partial charge in [0.05, 0.1) is 0 Å². The van der Waals surface area contributed by atoms with E-state index in [0.717, 1.165) is 28.7 Å². The van der Waals surface area contributed by atoms with Crippen LogP contribution in [0.15, 0.2) is 36.4 Å². The SMILES string of the molecule is CCCNC(=O)CCCC(=O)Nc1ccc2c(c1)C(COC(=O)ON1C(=O)CCC1=O)c1cc(NC(=O)CCC)ccc1-2. The molecule has 12 heteroatoms. The van der Waals surface area contributed by atoms with Gasteiger partial charge in [0.1, 0.15) is 6.61 Å². The molecule has 1 atom stereocenters. The van der Waals surface area contributed by atoms with Crippen LogP contribution < -0.4 is 16.0 Å². The van der Waals surface area contributed by atoms with E-state index in [4.69, 9.17) is 9.57 Å². The summed E-state index contributed by atoms with van der Waals surface area (Å²) in [5.74, 6) is -2.18. The number of nitrogens with zero attached hydrogens (tertiary/aromatic N) is 1. The Bertz CT molecular complexity index is 1410. The molecule has 1 fully saturated rings. The molecule has 4 rings (SSSR count). The fourth-order valence-corrected chi connectivity index (χ4v) is 5.04. The highest BCUT2D eigenvalue weighted by Crippen LogP contribution is 2.47. The topological polar surface area (TPSA) is 160 Å². The number of carbonyl (C=O) groups is 6. The highest BCUT2D eigenvalue weighted by Gasteiger charge is 2.35. The maximum atomic E-state index is 12.6. The molecule has 5 amide bonds. The molecule has 2 aromatic rings. The summed E-state index contributed by atoms with van der Waals surface area (Å²) in [6.45, 7) is 4.29. The Kier molecular flexibility index (Phi) is 10.5. The first-order chi connectivity index (χ1) is 20.7. The second-order valence-electron chi connectivity index (χ2n) is 10.4. The molecule has 1 aliphatic carbocycles. The molecule has 0 saturated carbocycles. The zero-order valence-corrected chi connectivity index (χ0v) is 24.3. The molecule has 0 bridgehead atoms. The van der Waals surface area contributed by atoms with Crippen molar-refractivity contribution in [3.8, 4) is 11.1 Å². The summed E-state index contributed by atoms with van der Waals surface area (Å²) >= 11 is 0. The number of imide groups is 1. The minimum atomic E-state index is -1.20. The molecule has 0 radical (unpaired) electrons. The van der Waals surface area contributed by atoms with E-state index < -0.39 is 23.9 Å². The summed E-state index contributed by atoms with van der Waals surface area (Å²) in [4.78, 5) is 77.6. The average Bonchev–Trinajstić information content (AvgIpc) is 3.45. The van der Waals surface area contributed by atoms with Crippen molar-refractivity contribution in [2.75, 3.05) is 23.8 Å². The number of benzene rings is 2. The third kappa shape index (κ3) is 7.97. The molecule has 228 valence electrons. The van der Waals surface area contributed by atoms with Crippen molar-refractivity contribution in [2.24, 2.45) is 0 Å². The zero-order chi connectivity index (χ0) is 30.9. The standard InChI is InChI=1S/C31H36N4O8/c1-3-6-27(37)33-19-9-11-21-22-12-10-20(34-28(38)8-5-7-26(36)32-15-4-2)17-24(22)25(23(21)16-19)18-42-31(41)43-35-29(39)13-14-30(35)40/h9-12,16-17,25H,3-8,13-15,18H2,1-2H3,(H,32,36)(H,33,37)(H,34,38). The van der Waals surface area contributed by atoms with Crippen LogP contribution in [0.2, 0.25) is 0 Å². The van der Waals surface area contributed by atoms with Gasteiger partial charge in [-0.2, -0.15) is 0 Å². The number of amides is 5. The van der Waals surface area contributed by atoms with Crippen LogP contribution in [-0.4, -0.2) is 53.9 Å². The summed E-state index contributed by atoms with van der Waals surface area (Å²) in [6, 6.07) is 10.9. The fraction of sp³-hybridized carbons (Fsp3) is 0.419. The van der Waals surface area contributed by atoms with Crippen molar-refractivity contribution in [1.82, 2.24) is 10.4 Å². The maximum Gasteiger partial charge on any atom is 0.533 e. The van der Waals surface area contributed by atoms with E-state index in [1.807, 2.05) is 32.0 Å². The number of ether oxygens (including phenoxy) is 1. The largest absolute Gasteiger partial charge is 0.533 e. The van der Waals surface area contributed by atoms with Crippen LogP contribution >= 0.6 is 0 Å². The highest BCUT2D eigenvalue weighted by molar-refractivity contribution is 6.01. The second kappa shape index (κ2) is 14.4. The van der Waals surface area contributed by atoms with E-state index >= 15 is 0 Å². The van der Waals surface area contributed by atoms with E-state index in [9.17, 15) is 28.8 Å². The predicted molar refractivity (Wildman–Crippen MR) is 157 cm³/mol. The van der Waals surface area contributed by atoms with Gasteiger partial charge in [0.2, 0.25) is 17.7 Å². The highest BCUT2D eigenvalue weighted by atomic mass is 16.8. The quantitative estimate of drug-likeness (QED) is 0.228. The van der Waals surface area contributed by atoms with Gasteiger partial charge in [-0.3, -0.25) is 28.8 Å². The first-order valence-corrected chi connectivity index (χ1v) is 14.5. The third-order valence-corrected chi connectivity index (χ3v) is 7.11. The molecule has 1 heterocycles. The second-order valence-corrected chi connectivity index (χ2v) is 10.4. The number of nitrogens with one attached hydrogen (secondary N) is 3. The Morgan fingerprint density at radius 1 is 0.791 bits per heavy atom. The molecule has 0 spiro atoms. The van der Waals surface area contributed by atoms with Crippen LogP contribution in [0.25, 0.3) is 11.1 Å². The fourth-order valence-electron chi connectivity index (χ4n) is 5.04. The third-order valence-electron chi connectivity index (χ3n) is 7.11. The normalized spacial score (nSPS) is 15.0. The van der Waals surface area contributed by atoms with Gasteiger partial charge in [0.25, 0.3) is 11.8 Å². The van der Waals surface area contributed by atoms with E-state index in [2.05, 4.69) is 16.0 Å². The lowest BCUT2D eigenvalue weighted by Crippen LogP contribution is -2.32. The molecule has 0 aromatic heterocycles. The maximum absolute atomic E-state index is 12.6. The molecule has 1 unspecified atom stereocenters. The monoisotopic (exact) mass is 592 g/mol. The smallest absolute Gasteiger partial charge is 0.432 e. The number of anilines is 2. The van der Waals surface area contributed by atoms with Gasteiger partial charge in [0.15, 0.2) is 0 Å². The average molecular weight is 593 g/mol. The van der Waals surface area contributed by atoms with Crippen LogP contribution in [0, 0.1) is 0 Å². The number of hydrogen-bond acceptors (Lipinski definition) is 8. The summed E-state index contributed by atoms with van der Waals surface area (Å²) in [6.07, 6.45) is 1.47. The van der Waals surface area contributed by atoms with Gasteiger partial charge in [-0.15, -0.1) is 0 Å². The van der Waals surface area contributed by atoms with Gasteiger partial charge in [-0.05, 0) is 65.8 Å². The first-order valence-electron chi connectivity index (χ1n) is 14.5. The predicted octanol–water partition coefficient (Wildman–Crippen LogP) is 4.39. The Morgan fingerprint density at radius 3 is 1.91 bits per heavy atom. The van der Waals surface area contributed by atoms with Crippen LogP contribution in [0.5, 0.6) is 0 Å². The molecule has 43 heavy (non-hydrogen) atoms. The van der Waals surface area contributed by atoms with Gasteiger partial charge in [0, 0.05) is 55.9 Å². The van der Waals surface area contributed by atoms with Crippen molar-refractivity contribution in [2.45, 2.75) is 71.1 Å². The number of rotatable bonds is 13. The van der Waals surface area contributed by atoms with Crippen LogP contribution in [0.4, 0.5) is 16.2 Å². The molecule has 2 aromatic carbocycles. The lowest BCUT2D eigenvalue weighted by molar-refractivity contribution is -0.177. The van der Waals surface area contributed by atoms with Crippen molar-refractivity contribution in [1.29, 1.82) is 0 Å². The van der Waals surface area contributed by atoms with Crippen molar-refractivity contribution in [3.63, 3.8) is 0 Å². The molecule has 1 saturated heterocycles. The summed E-state index contributed by atoms with van der Waals surface area (Å²) < 4.78 is 5.36. The minimum absolute atomic E-state index is 0.0391. The molecule has 2 aliphatic rings. The first kappa shape index (κ1) is 31.2. The summed E-state index contributed by atoms with van der Waals surface area (Å²) in [5.41, 5.74) is 4.40. The van der Waals surface area contributed by atoms with Crippen LogP contribution in [0.3, 0.4) is 0 Å². The Balaban J connectivity index is 1.49. The van der Waals surface area contributed by atoms with E-state index in [-0.39, 0.29) is 50.0 Å². The molecule has 12 nitrogen and oxygen atoms in total. The van der Waals surface area contributed by atoms with Crippen molar-refractivity contribution < 1.29 is 38.3 Å². The van der Waals surface area contributed by atoms with Crippen LogP contribution in [0.1, 0.15) is 82.3 Å². The van der Waals surface area contributed by atoms with Gasteiger partial charge in [-0.25, -0.2) is 4.79 Å². The van der Waals surface area contributed by atoms with Gasteiger partial charge >= 0.3 is 6.16 Å². The van der Waals surface area contributed by atoms with E-state index in [1.54, 1.807) is 18.2 Å². The molecular formula is C31H36N4O8. The van der Waals surface area contributed by atoms with Gasteiger partial charge in [-0.1, -0.05) is 31.0 Å². The zero-order valence-electron chi connectivity index (χ0n) is 24.3. The molecule has 3 N–H and O–H groups in total. The van der Waals surface area contributed by atoms with Gasteiger partial charge < -0.3 is 20.7 Å². The Labute approximate surface area is 249 Å². The lowest BCUT2D eigenvalue weighted by Gasteiger charge is -2.17. The number of hydrogen-bond donors (Lipinski definition) is 3. The number of carbonyl (C=O) groups excluding carboxylic acids is 6. The number of fused-ring (bicyclic) bond motifs is 3. The van der Waals surface area contributed by atoms with Crippen LogP contribution in [-0.2, 0) is 33.5 Å².